The molecule has 0 heterocycles. The van der Waals surface area contributed by atoms with Crippen molar-refractivity contribution in [3.63, 3.8) is 0 Å². The van der Waals surface area contributed by atoms with Crippen molar-refractivity contribution in [3.8, 4) is 5.75 Å². The molecule has 0 saturated heterocycles. The predicted molar refractivity (Wildman–Crippen MR) is 72.8 cm³/mol. The topological polar surface area (TPSA) is 72.3 Å². The molecule has 0 aromatic heterocycles. The maximum absolute atomic E-state index is 8.90. The number of aromatic hydroxyl groups is 1. The number of nitrogen functional groups attached to an aromatic ring is 2. The normalized spacial score (nSPS) is 9.29. The number of phenols is 1. The number of hydrogen-bond donors (Lipinski definition) is 3. The summed E-state index contributed by atoms with van der Waals surface area (Å²) in [7, 11) is 0. The molecule has 0 aliphatic rings. The van der Waals surface area contributed by atoms with Crippen molar-refractivity contribution in [2.45, 2.75) is 13.8 Å². The molecule has 0 radical (unpaired) electrons. The molecule has 0 aliphatic carbocycles. The molecule has 2 aromatic rings. The molecule has 0 fully saturated rings. The van der Waals surface area contributed by atoms with Gasteiger partial charge in [-0.15, -0.1) is 0 Å². The minimum atomic E-state index is 0.0370. The maximum Gasteiger partial charge on any atom is 0.140 e. The number of para-hydroxylation sites is 1. The summed E-state index contributed by atoms with van der Waals surface area (Å²) in [6.45, 7) is 4.21. The minimum absolute atomic E-state index is 0.0370. The summed E-state index contributed by atoms with van der Waals surface area (Å²) in [5.41, 5.74) is 14.0. The van der Waals surface area contributed by atoms with Gasteiger partial charge in [-0.1, -0.05) is 41.5 Å². The lowest BCUT2D eigenvalue weighted by Crippen LogP contribution is -1.93. The van der Waals surface area contributed by atoms with Crippen molar-refractivity contribution in [2.24, 2.45) is 0 Å². The molecule has 2 aromatic carbocycles. The average molecular weight is 230 g/mol. The van der Waals surface area contributed by atoms with E-state index in [1.165, 1.54) is 17.2 Å². The molecule has 0 atom stereocenters. The first-order valence-corrected chi connectivity index (χ1v) is 5.37. The van der Waals surface area contributed by atoms with Gasteiger partial charge in [0.2, 0.25) is 0 Å². The quantitative estimate of drug-likeness (QED) is 0.481. The molecule has 2 rings (SSSR count). The molecule has 90 valence electrons. The van der Waals surface area contributed by atoms with Crippen LogP contribution in [0, 0.1) is 13.8 Å². The van der Waals surface area contributed by atoms with E-state index in [0.717, 1.165) is 0 Å². The molecule has 0 aliphatic heterocycles. The second kappa shape index (κ2) is 5.80. The van der Waals surface area contributed by atoms with Crippen molar-refractivity contribution in [2.75, 3.05) is 11.5 Å². The molecular weight excluding hydrogens is 212 g/mol. The number of benzene rings is 2. The summed E-state index contributed by atoms with van der Waals surface area (Å²) < 4.78 is 0. The van der Waals surface area contributed by atoms with Crippen LogP contribution < -0.4 is 11.5 Å². The molecular formula is C14H18N2O. The van der Waals surface area contributed by atoms with Crippen LogP contribution in [0.15, 0.2) is 42.5 Å². The zero-order valence-corrected chi connectivity index (χ0v) is 10.1. The summed E-state index contributed by atoms with van der Waals surface area (Å²) in [5.74, 6) is 0.0370. The lowest BCUT2D eigenvalue weighted by molar-refractivity contribution is 0.478. The third-order valence-electron chi connectivity index (χ3n) is 2.29. The minimum Gasteiger partial charge on any atom is -0.506 e. The summed E-state index contributed by atoms with van der Waals surface area (Å²) in [5, 5.41) is 8.90. The van der Waals surface area contributed by atoms with Crippen molar-refractivity contribution in [3.05, 3.63) is 53.6 Å². The van der Waals surface area contributed by atoms with E-state index in [-0.39, 0.29) is 11.4 Å². The van der Waals surface area contributed by atoms with Gasteiger partial charge in [0.25, 0.3) is 0 Å². The molecule has 3 nitrogen and oxygen atoms in total. The number of nitrogens with two attached hydrogens (primary N) is 2. The average Bonchev–Trinajstić information content (AvgIpc) is 2.26. The van der Waals surface area contributed by atoms with Crippen LogP contribution in [0.5, 0.6) is 5.75 Å². The fourth-order valence-electron chi connectivity index (χ4n) is 1.38. The fourth-order valence-corrected chi connectivity index (χ4v) is 1.38. The van der Waals surface area contributed by atoms with E-state index in [1.807, 2.05) is 0 Å². The molecule has 3 heteroatoms. The number of rotatable bonds is 0. The Balaban J connectivity index is 0.000000171. The van der Waals surface area contributed by atoms with Gasteiger partial charge in [-0.2, -0.15) is 0 Å². The van der Waals surface area contributed by atoms with E-state index in [9.17, 15) is 0 Å². The van der Waals surface area contributed by atoms with Crippen LogP contribution in [0.2, 0.25) is 0 Å². The van der Waals surface area contributed by atoms with Crippen molar-refractivity contribution < 1.29 is 5.11 Å². The monoisotopic (exact) mass is 230 g/mol. The van der Waals surface area contributed by atoms with Crippen LogP contribution in [0.4, 0.5) is 11.4 Å². The first-order valence-electron chi connectivity index (χ1n) is 5.37. The van der Waals surface area contributed by atoms with E-state index < -0.39 is 0 Å². The Labute approximate surface area is 102 Å². The van der Waals surface area contributed by atoms with Crippen LogP contribution in [0.25, 0.3) is 0 Å². The van der Waals surface area contributed by atoms with Gasteiger partial charge in [-0.05, 0) is 26.0 Å². The summed E-state index contributed by atoms with van der Waals surface area (Å²) in [4.78, 5) is 0. The highest BCUT2D eigenvalue weighted by Gasteiger charge is 1.96. The highest BCUT2D eigenvalue weighted by molar-refractivity contribution is 5.69. The SMILES string of the molecule is Cc1cccc(C)c1.Nc1cccc(O)c1N. The first-order chi connectivity index (χ1) is 8.00. The fraction of sp³-hybridized carbons (Fsp3) is 0.143. The number of aryl methyl sites for hydroxylation is 2. The summed E-state index contributed by atoms with van der Waals surface area (Å²) in [6, 6.07) is 13.2. The van der Waals surface area contributed by atoms with E-state index in [2.05, 4.69) is 38.1 Å². The molecule has 0 saturated carbocycles. The number of phenolic OH excluding ortho intramolecular Hbond substituents is 1. The van der Waals surface area contributed by atoms with Gasteiger partial charge in [0.05, 0.1) is 11.4 Å². The molecule has 0 unspecified atom stereocenters. The van der Waals surface area contributed by atoms with Crippen molar-refractivity contribution in [1.82, 2.24) is 0 Å². The van der Waals surface area contributed by atoms with Gasteiger partial charge in [-0.3, -0.25) is 0 Å². The Morgan fingerprint density at radius 3 is 1.76 bits per heavy atom. The highest BCUT2D eigenvalue weighted by Crippen LogP contribution is 2.24. The van der Waals surface area contributed by atoms with Gasteiger partial charge < -0.3 is 16.6 Å². The highest BCUT2D eigenvalue weighted by atomic mass is 16.3. The van der Waals surface area contributed by atoms with Gasteiger partial charge >= 0.3 is 0 Å². The molecule has 0 amide bonds. The van der Waals surface area contributed by atoms with Gasteiger partial charge in [-0.25, -0.2) is 0 Å². The van der Waals surface area contributed by atoms with E-state index in [1.54, 1.807) is 12.1 Å². The first kappa shape index (κ1) is 12.9. The molecule has 5 N–H and O–H groups in total. The predicted octanol–water partition coefficient (Wildman–Crippen LogP) is 2.86. The summed E-state index contributed by atoms with van der Waals surface area (Å²) >= 11 is 0. The van der Waals surface area contributed by atoms with Crippen LogP contribution in [0.1, 0.15) is 11.1 Å². The van der Waals surface area contributed by atoms with Gasteiger partial charge in [0.1, 0.15) is 5.75 Å². The Morgan fingerprint density at radius 1 is 0.882 bits per heavy atom. The Morgan fingerprint density at radius 2 is 1.41 bits per heavy atom. The van der Waals surface area contributed by atoms with Crippen LogP contribution in [-0.2, 0) is 0 Å². The summed E-state index contributed by atoms with van der Waals surface area (Å²) in [6.07, 6.45) is 0. The maximum atomic E-state index is 8.90. The lowest BCUT2D eigenvalue weighted by atomic mass is 10.2. The largest absolute Gasteiger partial charge is 0.506 e. The lowest BCUT2D eigenvalue weighted by Gasteiger charge is -1.99. The Kier molecular flexibility index (Phi) is 4.40. The van der Waals surface area contributed by atoms with Crippen LogP contribution in [0.3, 0.4) is 0 Å². The Hall–Kier alpha value is -2.16. The third kappa shape index (κ3) is 4.07. The zero-order chi connectivity index (χ0) is 12.8. The molecule has 17 heavy (non-hydrogen) atoms. The standard InChI is InChI=1S/C8H10.C6H8N2O/c1-7-4-3-5-8(2)6-7;7-4-2-1-3-5(9)6(4)8/h3-6H,1-2H3;1-3,9H,7-8H2. The van der Waals surface area contributed by atoms with Gasteiger partial charge in [0, 0.05) is 0 Å². The van der Waals surface area contributed by atoms with E-state index in [4.69, 9.17) is 16.6 Å². The number of hydrogen-bond acceptors (Lipinski definition) is 3. The van der Waals surface area contributed by atoms with Crippen LogP contribution in [-0.4, -0.2) is 5.11 Å². The molecule has 0 bridgehead atoms. The third-order valence-corrected chi connectivity index (χ3v) is 2.29. The second-order valence-electron chi connectivity index (χ2n) is 3.94. The van der Waals surface area contributed by atoms with E-state index >= 15 is 0 Å². The molecule has 0 spiro atoms. The van der Waals surface area contributed by atoms with Gasteiger partial charge in [0.15, 0.2) is 0 Å². The smallest absolute Gasteiger partial charge is 0.140 e. The van der Waals surface area contributed by atoms with Crippen molar-refractivity contribution in [1.29, 1.82) is 0 Å². The van der Waals surface area contributed by atoms with Crippen molar-refractivity contribution >= 4 is 11.4 Å². The zero-order valence-electron chi connectivity index (χ0n) is 10.1. The number of anilines is 2. The Bertz CT molecular complexity index is 458. The van der Waals surface area contributed by atoms with Crippen LogP contribution >= 0.6 is 0 Å². The van der Waals surface area contributed by atoms with E-state index in [0.29, 0.717) is 5.69 Å². The second-order valence-corrected chi connectivity index (χ2v) is 3.94.